The molecular weight excluding hydrogens is 300 g/mol. The molecule has 9 heteroatoms. The van der Waals surface area contributed by atoms with Gasteiger partial charge in [0.15, 0.2) is 5.82 Å². The molecule has 0 bridgehead atoms. The Bertz CT molecular complexity index is 791. The van der Waals surface area contributed by atoms with E-state index in [-0.39, 0.29) is 11.3 Å². The van der Waals surface area contributed by atoms with Crippen LogP contribution in [-0.2, 0) is 17.9 Å². The van der Waals surface area contributed by atoms with E-state index in [4.69, 9.17) is 9.26 Å². The number of fused-ring (bicyclic) bond motifs is 1. The van der Waals surface area contributed by atoms with Crippen molar-refractivity contribution >= 4 is 5.95 Å². The zero-order chi connectivity index (χ0) is 15.4. The second-order valence-electron chi connectivity index (χ2n) is 6.73. The molecule has 2 aliphatic heterocycles. The van der Waals surface area contributed by atoms with Gasteiger partial charge < -0.3 is 14.2 Å². The summed E-state index contributed by atoms with van der Waals surface area (Å²) in [5, 5.41) is 10.6. The largest absolute Gasteiger partial charge is 0.363 e. The third kappa shape index (κ3) is 2.03. The summed E-state index contributed by atoms with van der Waals surface area (Å²) in [6.07, 6.45) is 4.35. The van der Waals surface area contributed by atoms with E-state index in [0.717, 1.165) is 31.7 Å². The number of nitrogens with zero attached hydrogens (tertiary/aromatic N) is 5. The van der Waals surface area contributed by atoms with Crippen molar-refractivity contribution in [1.82, 2.24) is 24.9 Å². The fourth-order valence-electron chi connectivity index (χ4n) is 3.61. The highest BCUT2D eigenvalue weighted by Gasteiger charge is 2.44. The van der Waals surface area contributed by atoms with Gasteiger partial charge in [-0.25, -0.2) is 9.89 Å². The van der Waals surface area contributed by atoms with Gasteiger partial charge in [-0.2, -0.15) is 10.1 Å². The Kier molecular flexibility index (Phi) is 2.70. The average molecular weight is 318 g/mol. The average Bonchev–Trinajstić information content (AvgIpc) is 3.19. The first-order valence-corrected chi connectivity index (χ1v) is 8.09. The van der Waals surface area contributed by atoms with E-state index in [2.05, 4.69) is 25.2 Å². The molecule has 0 amide bonds. The normalized spacial score (nSPS) is 27.4. The zero-order valence-corrected chi connectivity index (χ0v) is 12.7. The summed E-state index contributed by atoms with van der Waals surface area (Å²) < 4.78 is 13.1. The highest BCUT2D eigenvalue weighted by molar-refractivity contribution is 5.32. The summed E-state index contributed by atoms with van der Waals surface area (Å²) in [5.41, 5.74) is -0.550. The van der Waals surface area contributed by atoms with Gasteiger partial charge in [-0.15, -0.1) is 0 Å². The van der Waals surface area contributed by atoms with Crippen LogP contribution in [0.1, 0.15) is 43.3 Å². The molecule has 0 aromatic carbocycles. The Hall–Kier alpha value is -2.16. The molecule has 2 aromatic heterocycles. The molecule has 23 heavy (non-hydrogen) atoms. The van der Waals surface area contributed by atoms with Crippen molar-refractivity contribution in [3.63, 3.8) is 0 Å². The molecule has 1 unspecified atom stereocenters. The maximum absolute atomic E-state index is 11.8. The lowest BCUT2D eigenvalue weighted by Crippen LogP contribution is -2.46. The van der Waals surface area contributed by atoms with Crippen molar-refractivity contribution in [2.75, 3.05) is 18.0 Å². The molecule has 9 nitrogen and oxygen atoms in total. The summed E-state index contributed by atoms with van der Waals surface area (Å²) in [7, 11) is 0. The molecule has 2 fully saturated rings. The van der Waals surface area contributed by atoms with E-state index in [1.165, 1.54) is 6.42 Å². The van der Waals surface area contributed by atoms with Crippen LogP contribution < -0.4 is 10.6 Å². The molecule has 3 aliphatic rings. The van der Waals surface area contributed by atoms with Crippen molar-refractivity contribution in [1.29, 1.82) is 0 Å². The van der Waals surface area contributed by atoms with Crippen LogP contribution in [0, 0.1) is 0 Å². The topological polar surface area (TPSA) is 102 Å². The molecular formula is C14H18N6O3. The van der Waals surface area contributed by atoms with Crippen LogP contribution in [0.4, 0.5) is 5.95 Å². The SMILES string of the molecule is O=c1[nH]nc2n1CC1(CCN(c3noc(C4CCC4)n3)C1)OC2. The third-order valence-corrected chi connectivity index (χ3v) is 5.28. The van der Waals surface area contributed by atoms with E-state index in [1.807, 2.05) is 0 Å². The lowest BCUT2D eigenvalue weighted by Gasteiger charge is -2.33. The molecule has 1 N–H and O–H groups in total. The molecule has 5 rings (SSSR count). The van der Waals surface area contributed by atoms with Crippen LogP contribution in [-0.4, -0.2) is 43.6 Å². The number of ether oxygens (including phenoxy) is 1. The smallest absolute Gasteiger partial charge is 0.343 e. The Balaban J connectivity index is 1.35. The van der Waals surface area contributed by atoms with Crippen LogP contribution in [0.15, 0.2) is 9.32 Å². The summed E-state index contributed by atoms with van der Waals surface area (Å²) in [6.45, 7) is 2.33. The first-order chi connectivity index (χ1) is 11.2. The van der Waals surface area contributed by atoms with Gasteiger partial charge in [0.05, 0.1) is 13.1 Å². The first-order valence-electron chi connectivity index (χ1n) is 8.09. The zero-order valence-electron chi connectivity index (χ0n) is 12.7. The van der Waals surface area contributed by atoms with E-state index in [1.54, 1.807) is 4.57 Å². The number of aromatic nitrogens is 5. The van der Waals surface area contributed by atoms with Crippen LogP contribution in [0.3, 0.4) is 0 Å². The number of rotatable bonds is 2. The van der Waals surface area contributed by atoms with E-state index in [9.17, 15) is 4.79 Å². The predicted octanol–water partition coefficient (Wildman–Crippen LogP) is 0.401. The lowest BCUT2D eigenvalue weighted by atomic mass is 9.85. The van der Waals surface area contributed by atoms with Gasteiger partial charge in [0.25, 0.3) is 5.95 Å². The van der Waals surface area contributed by atoms with Crippen LogP contribution in [0.25, 0.3) is 0 Å². The Morgan fingerprint density at radius 1 is 1.30 bits per heavy atom. The Morgan fingerprint density at radius 2 is 2.22 bits per heavy atom. The van der Waals surface area contributed by atoms with E-state index < -0.39 is 0 Å². The van der Waals surface area contributed by atoms with E-state index >= 15 is 0 Å². The summed E-state index contributed by atoms with van der Waals surface area (Å²) in [5.74, 6) is 2.49. The number of nitrogens with one attached hydrogen (secondary N) is 1. The molecule has 1 saturated carbocycles. The number of hydrogen-bond acceptors (Lipinski definition) is 7. The van der Waals surface area contributed by atoms with Crippen LogP contribution in [0.2, 0.25) is 0 Å². The van der Waals surface area contributed by atoms with Gasteiger partial charge in [0, 0.05) is 12.5 Å². The fraction of sp³-hybridized carbons (Fsp3) is 0.714. The molecule has 0 radical (unpaired) electrons. The number of anilines is 1. The van der Waals surface area contributed by atoms with Gasteiger partial charge >= 0.3 is 5.69 Å². The molecule has 1 spiro atoms. The monoisotopic (exact) mass is 318 g/mol. The standard InChI is InChI=1S/C14H18N6O3/c21-13-17-16-10-6-22-14(8-20(10)13)4-5-19(7-14)12-15-11(23-18-12)9-2-1-3-9/h9H,1-8H2,(H,17,21). The van der Waals surface area contributed by atoms with Gasteiger partial charge in [-0.05, 0) is 24.4 Å². The molecule has 1 aliphatic carbocycles. The van der Waals surface area contributed by atoms with Gasteiger partial charge in [-0.3, -0.25) is 4.57 Å². The van der Waals surface area contributed by atoms with Crippen LogP contribution >= 0.6 is 0 Å². The number of hydrogen-bond donors (Lipinski definition) is 1. The van der Waals surface area contributed by atoms with Crippen molar-refractivity contribution < 1.29 is 9.26 Å². The second kappa shape index (κ2) is 4.67. The molecule has 1 atom stereocenters. The Labute approximate surface area is 131 Å². The predicted molar refractivity (Wildman–Crippen MR) is 78.1 cm³/mol. The minimum atomic E-state index is -0.377. The minimum Gasteiger partial charge on any atom is -0.363 e. The number of aromatic amines is 1. The fourth-order valence-corrected chi connectivity index (χ4v) is 3.61. The van der Waals surface area contributed by atoms with E-state index in [0.29, 0.717) is 37.4 Å². The van der Waals surface area contributed by atoms with Crippen molar-refractivity contribution in [2.45, 2.75) is 50.4 Å². The Morgan fingerprint density at radius 3 is 3.04 bits per heavy atom. The maximum atomic E-state index is 11.8. The maximum Gasteiger partial charge on any atom is 0.343 e. The molecule has 4 heterocycles. The lowest BCUT2D eigenvalue weighted by molar-refractivity contribution is -0.0760. The van der Waals surface area contributed by atoms with Crippen molar-refractivity contribution in [3.8, 4) is 0 Å². The third-order valence-electron chi connectivity index (χ3n) is 5.28. The van der Waals surface area contributed by atoms with Crippen LogP contribution in [0.5, 0.6) is 0 Å². The summed E-state index contributed by atoms with van der Waals surface area (Å²) >= 11 is 0. The quantitative estimate of drug-likeness (QED) is 0.855. The first kappa shape index (κ1) is 13.3. The second-order valence-corrected chi connectivity index (χ2v) is 6.73. The van der Waals surface area contributed by atoms with Gasteiger partial charge in [-0.1, -0.05) is 6.42 Å². The molecule has 2 aromatic rings. The highest BCUT2D eigenvalue weighted by Crippen LogP contribution is 2.37. The van der Waals surface area contributed by atoms with Gasteiger partial charge in [0.2, 0.25) is 5.89 Å². The summed E-state index contributed by atoms with van der Waals surface area (Å²) in [4.78, 5) is 18.4. The molecule has 122 valence electrons. The summed E-state index contributed by atoms with van der Waals surface area (Å²) in [6, 6.07) is 0. The van der Waals surface area contributed by atoms with Crippen molar-refractivity contribution in [3.05, 3.63) is 22.2 Å². The highest BCUT2D eigenvalue weighted by atomic mass is 16.5. The van der Waals surface area contributed by atoms with Crippen molar-refractivity contribution in [2.24, 2.45) is 0 Å². The minimum absolute atomic E-state index is 0.173. The van der Waals surface area contributed by atoms with Gasteiger partial charge in [0.1, 0.15) is 12.2 Å². The number of H-pyrrole nitrogens is 1. The molecule has 1 saturated heterocycles.